The third-order valence-electron chi connectivity index (χ3n) is 1.16. The molecule has 0 fully saturated rings. The molecule has 0 amide bonds. The monoisotopic (exact) mass is 216 g/mol. The van der Waals surface area contributed by atoms with Gasteiger partial charge in [-0.05, 0) is 23.5 Å². The topological polar surface area (TPSA) is 0 Å². The van der Waals surface area contributed by atoms with Crippen molar-refractivity contribution < 1.29 is 0 Å². The Kier molecular flexibility index (Phi) is 2.69. The highest BCUT2D eigenvalue weighted by Crippen LogP contribution is 2.19. The zero-order valence-corrected chi connectivity index (χ0v) is 8.26. The van der Waals surface area contributed by atoms with E-state index in [1.165, 1.54) is 9.75 Å². The van der Waals surface area contributed by atoms with E-state index < -0.39 is 0 Å². The summed E-state index contributed by atoms with van der Waals surface area (Å²) in [4.78, 5) is 2.74. The van der Waals surface area contributed by atoms with Crippen LogP contribution in [0.2, 0.25) is 0 Å². The van der Waals surface area contributed by atoms with Gasteiger partial charge in [0.25, 0.3) is 0 Å². The van der Waals surface area contributed by atoms with Crippen LogP contribution in [0, 0.1) is 6.92 Å². The lowest BCUT2D eigenvalue weighted by Crippen LogP contribution is -1.73. The second kappa shape index (κ2) is 3.35. The predicted molar refractivity (Wildman–Crippen MR) is 50.8 cm³/mol. The van der Waals surface area contributed by atoms with Crippen LogP contribution in [0.15, 0.2) is 23.2 Å². The third-order valence-corrected chi connectivity index (χ3v) is 2.44. The quantitative estimate of drug-likeness (QED) is 0.711. The molecule has 0 spiro atoms. The molecular formula is C8H9BrS. The Hall–Kier alpha value is -0.0800. The molecule has 0 unspecified atom stereocenters. The van der Waals surface area contributed by atoms with Crippen LogP contribution in [0.1, 0.15) is 9.75 Å². The second-order valence-corrected chi connectivity index (χ2v) is 4.70. The number of halogens is 1. The Morgan fingerprint density at radius 2 is 2.40 bits per heavy atom. The van der Waals surface area contributed by atoms with E-state index in [4.69, 9.17) is 0 Å². The highest BCUT2D eigenvalue weighted by molar-refractivity contribution is 9.11. The SMILES string of the molecule is C=C(Br)Cc1ccc(C)s1. The minimum atomic E-state index is 0.957. The van der Waals surface area contributed by atoms with E-state index >= 15 is 0 Å². The Balaban J connectivity index is 2.67. The molecule has 0 N–H and O–H groups in total. The summed E-state index contributed by atoms with van der Waals surface area (Å²) in [5.74, 6) is 0. The average molecular weight is 217 g/mol. The van der Waals surface area contributed by atoms with Gasteiger partial charge >= 0.3 is 0 Å². The van der Waals surface area contributed by atoms with Crippen molar-refractivity contribution in [2.45, 2.75) is 13.3 Å². The number of rotatable bonds is 2. The Morgan fingerprint density at radius 1 is 1.70 bits per heavy atom. The molecule has 0 atom stereocenters. The molecule has 0 bridgehead atoms. The fraction of sp³-hybridized carbons (Fsp3) is 0.250. The van der Waals surface area contributed by atoms with Gasteiger partial charge in [-0.2, -0.15) is 0 Å². The molecule has 10 heavy (non-hydrogen) atoms. The molecular weight excluding hydrogens is 208 g/mol. The summed E-state index contributed by atoms with van der Waals surface area (Å²) in [6.07, 6.45) is 0.957. The molecule has 1 heterocycles. The minimum absolute atomic E-state index is 0.957. The summed E-state index contributed by atoms with van der Waals surface area (Å²) in [6, 6.07) is 4.28. The van der Waals surface area contributed by atoms with E-state index in [0.717, 1.165) is 10.9 Å². The highest BCUT2D eigenvalue weighted by atomic mass is 79.9. The number of hydrogen-bond acceptors (Lipinski definition) is 1. The summed E-state index contributed by atoms with van der Waals surface area (Å²) in [5, 5.41) is 0. The van der Waals surface area contributed by atoms with Crippen LogP contribution in [0.4, 0.5) is 0 Å². The smallest absolute Gasteiger partial charge is 0.0129 e. The summed E-state index contributed by atoms with van der Waals surface area (Å²) in [7, 11) is 0. The lowest BCUT2D eigenvalue weighted by atomic mass is 10.3. The van der Waals surface area contributed by atoms with Crippen molar-refractivity contribution in [1.29, 1.82) is 0 Å². The molecule has 0 saturated carbocycles. The molecule has 0 aromatic carbocycles. The van der Waals surface area contributed by atoms with E-state index in [1.807, 2.05) is 11.3 Å². The van der Waals surface area contributed by atoms with E-state index in [-0.39, 0.29) is 0 Å². The molecule has 0 aliphatic carbocycles. The Morgan fingerprint density at radius 3 is 2.80 bits per heavy atom. The lowest BCUT2D eigenvalue weighted by molar-refractivity contribution is 1.33. The van der Waals surface area contributed by atoms with Gasteiger partial charge in [0.15, 0.2) is 0 Å². The van der Waals surface area contributed by atoms with E-state index in [1.54, 1.807) is 0 Å². The van der Waals surface area contributed by atoms with Gasteiger partial charge in [0.05, 0.1) is 0 Å². The largest absolute Gasteiger partial charge is 0.145 e. The second-order valence-electron chi connectivity index (χ2n) is 2.21. The molecule has 1 aromatic rings. The molecule has 2 heteroatoms. The lowest BCUT2D eigenvalue weighted by Gasteiger charge is -1.90. The van der Waals surface area contributed by atoms with Crippen LogP contribution in [-0.4, -0.2) is 0 Å². The molecule has 1 aromatic heterocycles. The van der Waals surface area contributed by atoms with Crippen LogP contribution in [0.3, 0.4) is 0 Å². The first kappa shape index (κ1) is 8.02. The standard InChI is InChI=1S/C8H9BrS/c1-6(9)5-8-4-3-7(2)10-8/h3-4H,1,5H2,2H3. The van der Waals surface area contributed by atoms with E-state index in [9.17, 15) is 0 Å². The number of aryl methyl sites for hydroxylation is 1. The molecule has 1 rings (SSSR count). The van der Waals surface area contributed by atoms with Crippen LogP contribution in [0.25, 0.3) is 0 Å². The summed E-state index contributed by atoms with van der Waals surface area (Å²) >= 11 is 5.16. The van der Waals surface area contributed by atoms with Crippen molar-refractivity contribution in [3.8, 4) is 0 Å². The van der Waals surface area contributed by atoms with Crippen molar-refractivity contribution >= 4 is 27.3 Å². The summed E-state index contributed by atoms with van der Waals surface area (Å²) in [5.41, 5.74) is 0. The molecule has 0 nitrogen and oxygen atoms in total. The van der Waals surface area contributed by atoms with Gasteiger partial charge in [-0.3, -0.25) is 0 Å². The van der Waals surface area contributed by atoms with Gasteiger partial charge in [0.1, 0.15) is 0 Å². The molecule has 0 saturated heterocycles. The maximum atomic E-state index is 3.78. The van der Waals surface area contributed by atoms with Crippen molar-refractivity contribution in [3.63, 3.8) is 0 Å². The fourth-order valence-corrected chi connectivity index (χ4v) is 2.19. The highest BCUT2D eigenvalue weighted by Gasteiger charge is 1.95. The van der Waals surface area contributed by atoms with Gasteiger partial charge in [-0.1, -0.05) is 22.5 Å². The first-order chi connectivity index (χ1) is 4.68. The first-order valence-electron chi connectivity index (χ1n) is 3.07. The Labute approximate surface area is 73.7 Å². The van der Waals surface area contributed by atoms with Crippen molar-refractivity contribution in [1.82, 2.24) is 0 Å². The van der Waals surface area contributed by atoms with Crippen molar-refractivity contribution in [2.75, 3.05) is 0 Å². The summed E-state index contributed by atoms with van der Waals surface area (Å²) < 4.78 is 1.05. The maximum Gasteiger partial charge on any atom is 0.0129 e. The van der Waals surface area contributed by atoms with Gasteiger partial charge in [-0.15, -0.1) is 11.3 Å². The Bertz CT molecular complexity index is 237. The normalized spacial score (nSPS) is 9.80. The van der Waals surface area contributed by atoms with E-state index in [0.29, 0.717) is 0 Å². The van der Waals surface area contributed by atoms with Crippen LogP contribution in [-0.2, 0) is 6.42 Å². The fourth-order valence-electron chi connectivity index (χ4n) is 0.769. The molecule has 0 aliphatic heterocycles. The molecule has 54 valence electrons. The number of thiophene rings is 1. The summed E-state index contributed by atoms with van der Waals surface area (Å²) in [6.45, 7) is 5.90. The van der Waals surface area contributed by atoms with Crippen LogP contribution >= 0.6 is 27.3 Å². The zero-order chi connectivity index (χ0) is 7.56. The van der Waals surface area contributed by atoms with Gasteiger partial charge in [0.2, 0.25) is 0 Å². The average Bonchev–Trinajstić information content (AvgIpc) is 2.13. The molecule has 0 aliphatic rings. The van der Waals surface area contributed by atoms with Crippen molar-refractivity contribution in [2.24, 2.45) is 0 Å². The molecule has 0 radical (unpaired) electrons. The minimum Gasteiger partial charge on any atom is -0.145 e. The van der Waals surface area contributed by atoms with Gasteiger partial charge in [-0.25, -0.2) is 0 Å². The predicted octanol–water partition coefficient (Wildman–Crippen LogP) is 3.51. The zero-order valence-electron chi connectivity index (χ0n) is 5.86. The van der Waals surface area contributed by atoms with Crippen LogP contribution in [0.5, 0.6) is 0 Å². The van der Waals surface area contributed by atoms with Gasteiger partial charge < -0.3 is 0 Å². The number of allylic oxidation sites excluding steroid dienone is 1. The maximum absolute atomic E-state index is 3.78. The van der Waals surface area contributed by atoms with E-state index in [2.05, 4.69) is 41.6 Å². The van der Waals surface area contributed by atoms with Gasteiger partial charge in [0, 0.05) is 16.2 Å². The van der Waals surface area contributed by atoms with Crippen LogP contribution < -0.4 is 0 Å². The van der Waals surface area contributed by atoms with Crippen molar-refractivity contribution in [3.05, 3.63) is 32.9 Å². The third kappa shape index (κ3) is 2.27. The first-order valence-corrected chi connectivity index (χ1v) is 4.68. The number of hydrogen-bond donors (Lipinski definition) is 0.